The van der Waals surface area contributed by atoms with Crippen molar-refractivity contribution in [2.45, 2.75) is 37.8 Å². The molecule has 17 heavy (non-hydrogen) atoms. The van der Waals surface area contributed by atoms with Gasteiger partial charge in [-0.15, -0.1) is 0 Å². The monoisotopic (exact) mass is 268 g/mol. The molecule has 2 nitrogen and oxygen atoms in total. The molecule has 0 rings (SSSR count). The van der Waals surface area contributed by atoms with Crippen LogP contribution >= 0.6 is 0 Å². The molecule has 0 saturated carbocycles. The highest BCUT2D eigenvalue weighted by atomic mass is 19.4. The Morgan fingerprint density at radius 1 is 0.941 bits per heavy atom. The number of Topliss-reactive ketones (excluding diaryl/α,β-unsaturated/α-hetero) is 2. The summed E-state index contributed by atoms with van der Waals surface area (Å²) in [5, 5.41) is 0. The summed E-state index contributed by atoms with van der Waals surface area (Å²) in [4.78, 5) is 21.0. The van der Waals surface area contributed by atoms with Crippen LogP contribution < -0.4 is 0 Å². The number of carbonyl (C=O) groups is 2. The molecular formula is C8H7F7O2. The standard InChI is InChI=1S/C8H7F7O2/c1-2-3-4(16)6(9,10)5(17)7(11,12)8(13,14)15/h2-3H2,1H3. The molecular weight excluding hydrogens is 261 g/mol. The third-order valence-electron chi connectivity index (χ3n) is 1.75. The van der Waals surface area contributed by atoms with Crippen LogP contribution in [-0.2, 0) is 9.59 Å². The Morgan fingerprint density at radius 3 is 1.65 bits per heavy atom. The van der Waals surface area contributed by atoms with E-state index in [9.17, 15) is 40.3 Å². The lowest BCUT2D eigenvalue weighted by atomic mass is 10.0. The highest BCUT2D eigenvalue weighted by Gasteiger charge is 2.70. The van der Waals surface area contributed by atoms with Crippen molar-refractivity contribution in [2.24, 2.45) is 0 Å². The average molecular weight is 268 g/mol. The Balaban J connectivity index is 5.24. The zero-order valence-electron chi connectivity index (χ0n) is 8.38. The zero-order valence-corrected chi connectivity index (χ0v) is 8.38. The molecule has 0 atom stereocenters. The van der Waals surface area contributed by atoms with Crippen molar-refractivity contribution in [1.82, 2.24) is 0 Å². The highest BCUT2D eigenvalue weighted by molar-refractivity contribution is 6.11. The SMILES string of the molecule is CCCC(=O)C(F)(F)C(=O)C(F)(F)C(F)(F)F. The predicted molar refractivity (Wildman–Crippen MR) is 40.9 cm³/mol. The number of rotatable bonds is 5. The summed E-state index contributed by atoms with van der Waals surface area (Å²) in [5.74, 6) is -17.6. The second kappa shape index (κ2) is 4.61. The first-order chi connectivity index (χ1) is 7.39. The molecule has 9 heteroatoms. The summed E-state index contributed by atoms with van der Waals surface area (Å²) in [6, 6.07) is 0. The van der Waals surface area contributed by atoms with Crippen LogP contribution in [0, 0.1) is 0 Å². The number of hydrogen-bond acceptors (Lipinski definition) is 2. The lowest BCUT2D eigenvalue weighted by Gasteiger charge is -2.22. The van der Waals surface area contributed by atoms with Gasteiger partial charge < -0.3 is 0 Å². The molecule has 0 radical (unpaired) electrons. The third kappa shape index (κ3) is 2.95. The zero-order chi connectivity index (χ0) is 14.1. The van der Waals surface area contributed by atoms with Crippen molar-refractivity contribution >= 4 is 11.6 Å². The lowest BCUT2D eigenvalue weighted by Crippen LogP contribution is -2.54. The van der Waals surface area contributed by atoms with Crippen LogP contribution in [0.15, 0.2) is 0 Å². The van der Waals surface area contributed by atoms with Gasteiger partial charge >= 0.3 is 18.0 Å². The van der Waals surface area contributed by atoms with Gasteiger partial charge in [-0.2, -0.15) is 30.7 Å². The van der Waals surface area contributed by atoms with Gasteiger partial charge in [0, 0.05) is 6.42 Å². The van der Waals surface area contributed by atoms with Crippen LogP contribution in [0.3, 0.4) is 0 Å². The molecule has 0 heterocycles. The summed E-state index contributed by atoms with van der Waals surface area (Å²) in [5.41, 5.74) is 0. The topological polar surface area (TPSA) is 34.1 Å². The van der Waals surface area contributed by atoms with Crippen LogP contribution in [0.5, 0.6) is 0 Å². The normalized spacial score (nSPS) is 13.6. The number of hydrogen-bond donors (Lipinski definition) is 0. The fraction of sp³-hybridized carbons (Fsp3) is 0.750. The van der Waals surface area contributed by atoms with Crippen LogP contribution in [0.4, 0.5) is 30.7 Å². The quantitative estimate of drug-likeness (QED) is 0.567. The highest BCUT2D eigenvalue weighted by Crippen LogP contribution is 2.40. The maximum Gasteiger partial charge on any atom is 0.461 e. The van der Waals surface area contributed by atoms with Crippen molar-refractivity contribution in [2.75, 3.05) is 0 Å². The van der Waals surface area contributed by atoms with E-state index in [4.69, 9.17) is 0 Å². The lowest BCUT2D eigenvalue weighted by molar-refractivity contribution is -0.275. The second-order valence-corrected chi connectivity index (χ2v) is 3.15. The molecule has 0 amide bonds. The van der Waals surface area contributed by atoms with Crippen molar-refractivity contribution in [1.29, 1.82) is 0 Å². The smallest absolute Gasteiger partial charge is 0.292 e. The van der Waals surface area contributed by atoms with Gasteiger partial charge in [0.2, 0.25) is 5.78 Å². The molecule has 0 saturated heterocycles. The van der Waals surface area contributed by atoms with Crippen molar-refractivity contribution in [3.05, 3.63) is 0 Å². The molecule has 0 bridgehead atoms. The fourth-order valence-corrected chi connectivity index (χ4v) is 0.837. The first-order valence-electron chi connectivity index (χ1n) is 4.29. The summed E-state index contributed by atoms with van der Waals surface area (Å²) in [6.45, 7) is 1.22. The van der Waals surface area contributed by atoms with E-state index in [1.165, 1.54) is 6.92 Å². The van der Waals surface area contributed by atoms with E-state index < -0.39 is 36.0 Å². The minimum atomic E-state index is -6.46. The molecule has 0 aliphatic rings. The molecule has 0 fully saturated rings. The van der Waals surface area contributed by atoms with Gasteiger partial charge in [0.05, 0.1) is 0 Å². The Labute approximate surface area is 90.8 Å². The summed E-state index contributed by atoms with van der Waals surface area (Å²) >= 11 is 0. The number of alkyl halides is 7. The van der Waals surface area contributed by atoms with E-state index in [1.54, 1.807) is 0 Å². The van der Waals surface area contributed by atoms with Crippen LogP contribution in [0.1, 0.15) is 19.8 Å². The fourth-order valence-electron chi connectivity index (χ4n) is 0.837. The van der Waals surface area contributed by atoms with Crippen molar-refractivity contribution in [3.8, 4) is 0 Å². The molecule has 0 aliphatic carbocycles. The summed E-state index contributed by atoms with van der Waals surface area (Å²) < 4.78 is 85.1. The Morgan fingerprint density at radius 2 is 1.35 bits per heavy atom. The van der Waals surface area contributed by atoms with Crippen molar-refractivity contribution < 1.29 is 40.3 Å². The van der Waals surface area contributed by atoms with Gasteiger partial charge in [0.15, 0.2) is 0 Å². The molecule has 0 spiro atoms. The largest absolute Gasteiger partial charge is 0.461 e. The van der Waals surface area contributed by atoms with E-state index in [0.29, 0.717) is 0 Å². The maximum atomic E-state index is 12.7. The molecule has 0 aromatic rings. The minimum Gasteiger partial charge on any atom is -0.292 e. The summed E-state index contributed by atoms with van der Waals surface area (Å²) in [6.07, 6.45) is -7.63. The van der Waals surface area contributed by atoms with Gasteiger partial charge in [-0.05, 0) is 6.42 Å². The van der Waals surface area contributed by atoms with Gasteiger partial charge in [0.1, 0.15) is 0 Å². The van der Waals surface area contributed by atoms with Crippen LogP contribution in [-0.4, -0.2) is 29.6 Å². The number of halogens is 7. The number of carbonyl (C=O) groups excluding carboxylic acids is 2. The van der Waals surface area contributed by atoms with E-state index in [2.05, 4.69) is 0 Å². The molecule has 100 valence electrons. The predicted octanol–water partition coefficient (Wildman–Crippen LogP) is 2.76. The Hall–Kier alpha value is -1.15. The minimum absolute atomic E-state index is 0.209. The Bertz CT molecular complexity index is 318. The van der Waals surface area contributed by atoms with Crippen LogP contribution in [0.25, 0.3) is 0 Å². The van der Waals surface area contributed by atoms with Gasteiger partial charge in [-0.3, -0.25) is 9.59 Å². The van der Waals surface area contributed by atoms with Crippen molar-refractivity contribution in [3.63, 3.8) is 0 Å². The average Bonchev–Trinajstić information content (AvgIpc) is 2.15. The summed E-state index contributed by atoms with van der Waals surface area (Å²) in [7, 11) is 0. The van der Waals surface area contributed by atoms with Gasteiger partial charge in [-0.25, -0.2) is 0 Å². The van der Waals surface area contributed by atoms with Crippen LogP contribution in [0.2, 0.25) is 0 Å². The molecule has 0 aromatic heterocycles. The molecule has 0 N–H and O–H groups in total. The number of ketones is 2. The first-order valence-corrected chi connectivity index (χ1v) is 4.29. The van der Waals surface area contributed by atoms with E-state index in [0.717, 1.165) is 0 Å². The van der Waals surface area contributed by atoms with E-state index in [-0.39, 0.29) is 6.42 Å². The first kappa shape index (κ1) is 15.9. The molecule has 0 unspecified atom stereocenters. The second-order valence-electron chi connectivity index (χ2n) is 3.15. The van der Waals surface area contributed by atoms with Gasteiger partial charge in [0.25, 0.3) is 5.78 Å². The Kier molecular flexibility index (Phi) is 4.30. The third-order valence-corrected chi connectivity index (χ3v) is 1.75. The van der Waals surface area contributed by atoms with Gasteiger partial charge in [-0.1, -0.05) is 6.92 Å². The molecule has 0 aromatic carbocycles. The van der Waals surface area contributed by atoms with E-state index >= 15 is 0 Å². The maximum absolute atomic E-state index is 12.7. The van der Waals surface area contributed by atoms with E-state index in [1.807, 2.05) is 0 Å². The molecule has 0 aliphatic heterocycles.